The summed E-state index contributed by atoms with van der Waals surface area (Å²) in [7, 11) is 0. The molecule has 0 atom stereocenters. The summed E-state index contributed by atoms with van der Waals surface area (Å²) >= 11 is -5.24. The molecule has 4 aliphatic rings. The van der Waals surface area contributed by atoms with Crippen molar-refractivity contribution in [3.05, 3.63) is 74.2 Å². The first-order chi connectivity index (χ1) is 20.6. The van der Waals surface area contributed by atoms with E-state index >= 15 is 4.39 Å². The zero-order valence-corrected chi connectivity index (χ0v) is 29.2. The summed E-state index contributed by atoms with van der Waals surface area (Å²) in [5.74, 6) is 0.575. The van der Waals surface area contributed by atoms with Crippen LogP contribution in [-0.4, -0.2) is 60.6 Å². The number of nitrogens with zero attached hydrogens (tertiary/aromatic N) is 1. The summed E-state index contributed by atoms with van der Waals surface area (Å²) in [6, 6.07) is 13.4. The number of para-hydroxylation sites is 1. The average molecular weight is 906 g/mol. The Labute approximate surface area is 267 Å². The van der Waals surface area contributed by atoms with Crippen molar-refractivity contribution in [1.29, 1.82) is 0 Å². The van der Waals surface area contributed by atoms with Crippen molar-refractivity contribution in [1.82, 2.24) is 4.90 Å². The summed E-state index contributed by atoms with van der Waals surface area (Å²) in [5, 5.41) is 1.96. The molecule has 42 heavy (non-hydrogen) atoms. The molecule has 10 heteroatoms. The molecule has 0 saturated carbocycles. The number of ether oxygens (including phenoxy) is 2. The van der Waals surface area contributed by atoms with E-state index in [1.807, 2.05) is 34.4 Å². The number of allylic oxidation sites excluding steroid dienone is 1. The van der Waals surface area contributed by atoms with Gasteiger partial charge in [-0.1, -0.05) is 0 Å². The van der Waals surface area contributed by atoms with Crippen LogP contribution in [0.15, 0.2) is 56.5 Å². The third-order valence-electron chi connectivity index (χ3n) is 8.07. The summed E-state index contributed by atoms with van der Waals surface area (Å²) in [4.78, 5) is 30.2. The van der Waals surface area contributed by atoms with Crippen LogP contribution in [0.25, 0.3) is 21.9 Å². The van der Waals surface area contributed by atoms with Gasteiger partial charge in [-0.15, -0.1) is 0 Å². The number of carbonyl (C=O) groups excluding carboxylic acids is 2. The van der Waals surface area contributed by atoms with Gasteiger partial charge in [-0.3, -0.25) is 0 Å². The van der Waals surface area contributed by atoms with Gasteiger partial charge in [0.15, 0.2) is 0 Å². The Morgan fingerprint density at radius 1 is 1.02 bits per heavy atom. The molecule has 4 aromatic rings. The molecule has 0 unspecified atom stereocenters. The van der Waals surface area contributed by atoms with Crippen molar-refractivity contribution in [2.24, 2.45) is 0 Å². The Hall–Kier alpha value is -1.62. The summed E-state index contributed by atoms with van der Waals surface area (Å²) in [5.41, 5.74) is 2.19. The topological polar surface area (TPSA) is 69.0 Å². The first kappa shape index (κ1) is 27.9. The first-order valence-electron chi connectivity index (χ1n) is 14.1. The number of ketones is 1. The molecule has 5 heterocycles. The Bertz CT molecular complexity index is 1810. The second-order valence-electron chi connectivity index (χ2n) is 10.6. The van der Waals surface area contributed by atoms with E-state index in [1.165, 1.54) is 18.9 Å². The zero-order chi connectivity index (χ0) is 28.4. The molecular weight excluding hydrogens is 878 g/mol. The number of hydrogen-bond donors (Lipinski definition) is 0. The first-order valence-corrected chi connectivity index (χ1v) is 24.2. The van der Waals surface area contributed by atoms with Crippen molar-refractivity contribution in [2.75, 3.05) is 46.1 Å². The molecule has 0 amide bonds. The molecule has 3 aromatic carbocycles. The molecule has 0 radical (unpaired) electrons. The molecule has 0 aliphatic carbocycles. The van der Waals surface area contributed by atoms with E-state index in [-0.39, 0.29) is 15.4 Å². The number of rotatable bonds is 6. The molecule has 220 valence electrons. The minimum absolute atomic E-state index is 0.0254. The molecule has 6 nitrogen and oxygen atoms in total. The zero-order valence-electron chi connectivity index (χ0n) is 22.7. The van der Waals surface area contributed by atoms with Crippen LogP contribution in [0, 0.1) is 16.5 Å². The summed E-state index contributed by atoms with van der Waals surface area (Å²) in [6.07, 6.45) is 2.46. The van der Waals surface area contributed by atoms with Crippen LogP contribution >= 0.6 is 39.6 Å². The predicted molar refractivity (Wildman–Crippen MR) is 173 cm³/mol. The van der Waals surface area contributed by atoms with Gasteiger partial charge in [0.25, 0.3) is 0 Å². The fourth-order valence-corrected chi connectivity index (χ4v) is 20.0. The van der Waals surface area contributed by atoms with Gasteiger partial charge in [0.2, 0.25) is 0 Å². The Kier molecular flexibility index (Phi) is 7.56. The van der Waals surface area contributed by atoms with E-state index in [2.05, 4.69) is 11.0 Å². The number of benzene rings is 3. The molecule has 2 fully saturated rings. The molecule has 1 aromatic heterocycles. The number of alkyl halides is 3. The van der Waals surface area contributed by atoms with E-state index in [1.54, 1.807) is 0 Å². The maximum absolute atomic E-state index is 16.0. The van der Waals surface area contributed by atoms with Crippen LogP contribution in [-0.2, 0) is 9.53 Å². The van der Waals surface area contributed by atoms with Crippen LogP contribution < -0.4 is 25.9 Å². The van der Waals surface area contributed by atoms with E-state index in [4.69, 9.17) is 13.9 Å². The Morgan fingerprint density at radius 3 is 2.67 bits per heavy atom. The van der Waals surface area contributed by atoms with E-state index < -0.39 is 60.8 Å². The number of likely N-dealkylation sites (tertiary alicyclic amines) is 1. The minimum atomic E-state index is -2.51. The van der Waals surface area contributed by atoms with Crippen molar-refractivity contribution in [3.8, 4) is 11.5 Å². The van der Waals surface area contributed by atoms with Crippen LogP contribution in [0.1, 0.15) is 23.2 Å². The second kappa shape index (κ2) is 11.4. The van der Waals surface area contributed by atoms with E-state index in [0.717, 1.165) is 62.0 Å². The third-order valence-corrected chi connectivity index (χ3v) is 21.9. The molecule has 8 rings (SSSR count). The number of furan rings is 1. The quantitative estimate of drug-likeness (QED) is 0.0964. The van der Waals surface area contributed by atoms with Crippen molar-refractivity contribution < 1.29 is 49.1 Å². The van der Waals surface area contributed by atoms with Gasteiger partial charge in [-0.2, -0.15) is 0 Å². The number of fused-ring (bicyclic) bond motifs is 5. The van der Waals surface area contributed by atoms with E-state index in [0.29, 0.717) is 39.4 Å². The van der Waals surface area contributed by atoms with Crippen LogP contribution in [0.5, 0.6) is 11.5 Å². The number of hydrogen-bond acceptors (Lipinski definition) is 6. The second-order valence-corrected chi connectivity index (χ2v) is 23.9. The van der Waals surface area contributed by atoms with E-state index in [9.17, 15) is 9.59 Å². The van der Waals surface area contributed by atoms with Gasteiger partial charge < -0.3 is 0 Å². The third kappa shape index (κ3) is 4.74. The average Bonchev–Trinajstić information content (AvgIpc) is 3.66. The molecule has 0 N–H and O–H groups in total. The van der Waals surface area contributed by atoms with Gasteiger partial charge >= 0.3 is 270 Å². The molecule has 0 spiro atoms. The Balaban J connectivity index is 1.27. The van der Waals surface area contributed by atoms with Crippen molar-refractivity contribution in [3.63, 3.8) is 0 Å². The van der Waals surface area contributed by atoms with Crippen molar-refractivity contribution in [2.45, 2.75) is 12.8 Å². The molecule has 0 bridgehead atoms. The number of Topliss-reactive ketones (excluding diaryl/α,β-unsaturated/α-hetero) is 1. The maximum atomic E-state index is 16.0. The monoisotopic (exact) mass is 906 g/mol. The SMILES string of the molecule is O=C1C(C(=O)I2CCOCC2)=CI2c3cc4oc5ccccc5c4cc3Oc3c([I-]CCN4CCCC4)c(F)cc1c32. The number of carbonyl (C=O) groups is 2. The van der Waals surface area contributed by atoms with Crippen LogP contribution in [0.3, 0.4) is 0 Å². The van der Waals surface area contributed by atoms with Gasteiger partial charge in [-0.05, 0) is 0 Å². The van der Waals surface area contributed by atoms with Crippen LogP contribution in [0.4, 0.5) is 4.39 Å². The van der Waals surface area contributed by atoms with Gasteiger partial charge in [0.05, 0.1) is 0 Å². The number of halogens is 4. The molecular formula is C32H28FI3NO5-. The normalized spacial score (nSPS) is 20.1. The standard InChI is InChI=1S/C32H28FI3NO5/c33-23-15-21-29-31(28(23)34-7-12-37-10-3-4-11-37)42-27-16-20-19-5-1-2-6-25(19)41-26(20)17-24(27)36(29)18-22(30(21)38)32(39)35-8-13-40-14-9-35/h1-2,5-6,15-18H,3-4,7-14H2/q-1. The van der Waals surface area contributed by atoms with Gasteiger partial charge in [0, 0.05) is 0 Å². The van der Waals surface area contributed by atoms with Gasteiger partial charge in [0.1, 0.15) is 0 Å². The summed E-state index contributed by atoms with van der Waals surface area (Å²) < 4.78 is 41.4. The Morgan fingerprint density at radius 2 is 1.83 bits per heavy atom. The molecule has 4 aliphatic heterocycles. The fourth-order valence-electron chi connectivity index (χ4n) is 5.96. The fraction of sp³-hybridized carbons (Fsp3) is 0.312. The summed E-state index contributed by atoms with van der Waals surface area (Å²) in [6.45, 7) is 4.37. The van der Waals surface area contributed by atoms with Gasteiger partial charge in [-0.25, -0.2) is 0 Å². The molecule has 2 saturated heterocycles. The predicted octanol–water partition coefficient (Wildman–Crippen LogP) is 3.87. The van der Waals surface area contributed by atoms with Crippen LogP contribution in [0.2, 0.25) is 0 Å². The van der Waals surface area contributed by atoms with Crippen molar-refractivity contribution >= 4 is 71.2 Å².